The van der Waals surface area contributed by atoms with Crippen molar-refractivity contribution < 1.29 is 19.1 Å². The van der Waals surface area contributed by atoms with Crippen LogP contribution in [0.5, 0.6) is 5.75 Å². The van der Waals surface area contributed by atoms with Crippen molar-refractivity contribution in [2.45, 2.75) is 12.0 Å². The first-order chi connectivity index (χ1) is 12.1. The lowest BCUT2D eigenvalue weighted by atomic mass is 9.84. The van der Waals surface area contributed by atoms with Gasteiger partial charge in [0.1, 0.15) is 12.3 Å². The van der Waals surface area contributed by atoms with E-state index in [0.717, 1.165) is 4.90 Å². The number of fused-ring (bicyclic) bond motifs is 2. The molecule has 1 unspecified atom stereocenters. The highest BCUT2D eigenvalue weighted by Gasteiger charge is 2.55. The van der Waals surface area contributed by atoms with Crippen molar-refractivity contribution in [3.8, 4) is 5.75 Å². The molecule has 2 aliphatic heterocycles. The molecule has 4 amide bonds. The van der Waals surface area contributed by atoms with E-state index in [9.17, 15) is 14.4 Å². The van der Waals surface area contributed by atoms with E-state index in [1.807, 2.05) is 0 Å². The molecule has 0 radical (unpaired) electrons. The van der Waals surface area contributed by atoms with Crippen LogP contribution in [0.25, 0.3) is 0 Å². The maximum Gasteiger partial charge on any atom is 0.325 e. The molecule has 1 aromatic carbocycles. The van der Waals surface area contributed by atoms with Gasteiger partial charge >= 0.3 is 6.03 Å². The number of carbonyl (C=O) groups is 3. The van der Waals surface area contributed by atoms with Crippen LogP contribution in [0, 0.1) is 0 Å². The van der Waals surface area contributed by atoms with Crippen LogP contribution in [0.15, 0.2) is 35.8 Å². The average Bonchev–Trinajstić information content (AvgIpc) is 3.19. The van der Waals surface area contributed by atoms with E-state index in [1.165, 1.54) is 11.3 Å². The fraction of sp³-hybridized carbons (Fsp3) is 0.250. The van der Waals surface area contributed by atoms with Gasteiger partial charge in [0.05, 0.1) is 6.61 Å². The second-order valence-corrected chi connectivity index (χ2v) is 6.60. The molecule has 2 N–H and O–H groups in total. The van der Waals surface area contributed by atoms with Crippen LogP contribution in [-0.4, -0.2) is 40.9 Å². The van der Waals surface area contributed by atoms with Crippen molar-refractivity contribution in [3.63, 3.8) is 0 Å². The van der Waals surface area contributed by atoms with Crippen LogP contribution in [0.4, 0.5) is 9.93 Å². The van der Waals surface area contributed by atoms with E-state index in [0.29, 0.717) is 29.5 Å². The number of aromatic nitrogens is 1. The zero-order valence-corrected chi connectivity index (χ0v) is 13.8. The molecule has 9 heteroatoms. The number of nitrogens with one attached hydrogen (secondary N) is 2. The van der Waals surface area contributed by atoms with Crippen molar-refractivity contribution in [3.05, 3.63) is 41.4 Å². The Bertz CT molecular complexity index is 854. The fourth-order valence-corrected chi connectivity index (χ4v) is 3.65. The van der Waals surface area contributed by atoms with Gasteiger partial charge < -0.3 is 15.4 Å². The number of nitrogens with zero attached hydrogens (tertiary/aromatic N) is 2. The summed E-state index contributed by atoms with van der Waals surface area (Å²) in [5, 5.41) is 7.46. The summed E-state index contributed by atoms with van der Waals surface area (Å²) >= 11 is 1.26. The van der Waals surface area contributed by atoms with E-state index in [1.54, 1.807) is 35.8 Å². The van der Waals surface area contributed by atoms with E-state index >= 15 is 0 Å². The third-order valence-corrected chi connectivity index (χ3v) is 4.93. The molecule has 2 aromatic rings. The normalized spacial score (nSPS) is 21.7. The number of urea groups is 1. The molecule has 4 rings (SSSR count). The lowest BCUT2D eigenvalue weighted by Crippen LogP contribution is -2.48. The average molecular weight is 358 g/mol. The van der Waals surface area contributed by atoms with Crippen molar-refractivity contribution in [1.82, 2.24) is 15.2 Å². The summed E-state index contributed by atoms with van der Waals surface area (Å²) in [6.45, 7) is -0.0583. The van der Waals surface area contributed by atoms with Crippen LogP contribution < -0.4 is 15.4 Å². The van der Waals surface area contributed by atoms with E-state index in [-0.39, 0.29) is 6.54 Å². The van der Waals surface area contributed by atoms with Crippen LogP contribution >= 0.6 is 11.3 Å². The SMILES string of the molecule is O=C(CN1C(=O)NC2(CCOc3ccccc32)C1=O)Nc1nccs1. The maximum absolute atomic E-state index is 13.0. The minimum absolute atomic E-state index is 0.308. The van der Waals surface area contributed by atoms with Gasteiger partial charge in [-0.25, -0.2) is 9.78 Å². The Morgan fingerprint density at radius 3 is 3.04 bits per heavy atom. The number of rotatable bonds is 3. The van der Waals surface area contributed by atoms with Gasteiger partial charge in [-0.2, -0.15) is 0 Å². The molecule has 25 heavy (non-hydrogen) atoms. The number of hydrogen-bond donors (Lipinski definition) is 2. The van der Waals surface area contributed by atoms with Gasteiger partial charge in [0, 0.05) is 23.6 Å². The molecule has 0 aliphatic carbocycles. The molecule has 2 aliphatic rings. The van der Waals surface area contributed by atoms with Crippen molar-refractivity contribution in [2.24, 2.45) is 0 Å². The standard InChI is InChI=1S/C16H14N4O4S/c21-12(18-14-17-6-8-25-14)9-20-13(22)16(19-15(20)23)5-7-24-11-4-2-1-3-10(11)16/h1-4,6,8H,5,7,9H2,(H,19,23)(H,17,18,21). The number of thiazole rings is 1. The molecule has 1 aromatic heterocycles. The summed E-state index contributed by atoms with van der Waals surface area (Å²) in [5.41, 5.74) is -0.560. The third-order valence-electron chi connectivity index (χ3n) is 4.24. The topological polar surface area (TPSA) is 101 Å². The lowest BCUT2D eigenvalue weighted by Gasteiger charge is -2.33. The Kier molecular flexibility index (Phi) is 3.65. The van der Waals surface area contributed by atoms with Gasteiger partial charge in [-0.15, -0.1) is 11.3 Å². The summed E-state index contributed by atoms with van der Waals surface area (Å²) in [6.07, 6.45) is 1.88. The van der Waals surface area contributed by atoms with Crippen LogP contribution in [0.2, 0.25) is 0 Å². The number of anilines is 1. The van der Waals surface area contributed by atoms with Gasteiger partial charge in [-0.3, -0.25) is 14.5 Å². The first kappa shape index (κ1) is 15.6. The first-order valence-electron chi connectivity index (χ1n) is 7.66. The molecule has 1 fully saturated rings. The second kappa shape index (κ2) is 5.85. The van der Waals surface area contributed by atoms with Crippen molar-refractivity contribution in [1.29, 1.82) is 0 Å². The number of imide groups is 1. The van der Waals surface area contributed by atoms with Crippen molar-refractivity contribution in [2.75, 3.05) is 18.5 Å². The van der Waals surface area contributed by atoms with Gasteiger partial charge in [0.2, 0.25) is 5.91 Å². The van der Waals surface area contributed by atoms with E-state index in [2.05, 4.69) is 15.6 Å². The highest BCUT2D eigenvalue weighted by atomic mass is 32.1. The van der Waals surface area contributed by atoms with Gasteiger partial charge in [0.25, 0.3) is 5.91 Å². The van der Waals surface area contributed by atoms with Crippen LogP contribution in [0.3, 0.4) is 0 Å². The number of benzene rings is 1. The molecule has 0 saturated carbocycles. The van der Waals surface area contributed by atoms with Crippen LogP contribution in [0.1, 0.15) is 12.0 Å². The Balaban J connectivity index is 1.58. The highest BCUT2D eigenvalue weighted by molar-refractivity contribution is 7.13. The third kappa shape index (κ3) is 2.52. The molecular formula is C16H14N4O4S. The zero-order chi connectivity index (χ0) is 17.4. The molecule has 1 spiro atoms. The summed E-state index contributed by atoms with van der Waals surface area (Å²) in [4.78, 5) is 42.4. The molecule has 1 saturated heterocycles. The lowest BCUT2D eigenvalue weighted by molar-refractivity contribution is -0.135. The smallest absolute Gasteiger partial charge is 0.325 e. The Hall–Kier alpha value is -2.94. The number of amides is 4. The quantitative estimate of drug-likeness (QED) is 0.806. The summed E-state index contributed by atoms with van der Waals surface area (Å²) in [6, 6.07) is 6.51. The molecule has 1 atom stereocenters. The Morgan fingerprint density at radius 2 is 2.24 bits per heavy atom. The maximum atomic E-state index is 13.0. The number of para-hydroxylation sites is 1. The number of ether oxygens (including phenoxy) is 1. The highest BCUT2D eigenvalue weighted by Crippen LogP contribution is 2.40. The summed E-state index contributed by atoms with van der Waals surface area (Å²) < 4.78 is 5.57. The predicted octanol–water partition coefficient (Wildman–Crippen LogP) is 1.31. The Labute approximate surface area is 146 Å². The van der Waals surface area contributed by atoms with Gasteiger partial charge in [-0.05, 0) is 6.07 Å². The summed E-state index contributed by atoms with van der Waals surface area (Å²) in [7, 11) is 0. The first-order valence-corrected chi connectivity index (χ1v) is 8.54. The molecule has 3 heterocycles. The molecular weight excluding hydrogens is 344 g/mol. The minimum Gasteiger partial charge on any atom is -0.493 e. The fourth-order valence-electron chi connectivity index (χ4n) is 3.10. The van der Waals surface area contributed by atoms with Crippen molar-refractivity contribution >= 4 is 34.3 Å². The largest absolute Gasteiger partial charge is 0.493 e. The van der Waals surface area contributed by atoms with Gasteiger partial charge in [-0.1, -0.05) is 18.2 Å². The van der Waals surface area contributed by atoms with E-state index < -0.39 is 23.4 Å². The van der Waals surface area contributed by atoms with Gasteiger partial charge in [0.15, 0.2) is 10.7 Å². The van der Waals surface area contributed by atoms with Crippen LogP contribution in [-0.2, 0) is 15.1 Å². The molecule has 0 bridgehead atoms. The molecule has 8 nitrogen and oxygen atoms in total. The Morgan fingerprint density at radius 1 is 1.40 bits per heavy atom. The number of carbonyl (C=O) groups excluding carboxylic acids is 3. The predicted molar refractivity (Wildman–Crippen MR) is 89.2 cm³/mol. The summed E-state index contributed by atoms with van der Waals surface area (Å²) in [5.74, 6) is -0.352. The second-order valence-electron chi connectivity index (χ2n) is 5.71. The molecule has 128 valence electrons. The monoisotopic (exact) mass is 358 g/mol. The minimum atomic E-state index is -1.17. The zero-order valence-electron chi connectivity index (χ0n) is 13.0. The number of hydrogen-bond acceptors (Lipinski definition) is 6. The van der Waals surface area contributed by atoms with E-state index in [4.69, 9.17) is 4.74 Å².